The summed E-state index contributed by atoms with van der Waals surface area (Å²) in [7, 11) is 0. The van der Waals surface area contributed by atoms with Gasteiger partial charge in [-0.3, -0.25) is 14.4 Å². The summed E-state index contributed by atoms with van der Waals surface area (Å²) in [6, 6.07) is 1.81. The highest BCUT2D eigenvalue weighted by atomic mass is 16.2. The van der Waals surface area contributed by atoms with Gasteiger partial charge in [-0.05, 0) is 63.5 Å². The molecular formula is C25H31N5O3. The molecule has 0 radical (unpaired) electrons. The number of nitrogens with zero attached hydrogens (tertiary/aromatic N) is 4. The van der Waals surface area contributed by atoms with Crippen LogP contribution in [0, 0.1) is 6.92 Å². The molecule has 2 aromatic heterocycles. The third-order valence-electron chi connectivity index (χ3n) is 7.28. The van der Waals surface area contributed by atoms with Crippen molar-refractivity contribution in [1.29, 1.82) is 0 Å². The molecule has 2 aliphatic heterocycles. The summed E-state index contributed by atoms with van der Waals surface area (Å²) in [4.78, 5) is 54.2. The molecule has 1 N–H and O–H groups in total. The minimum absolute atomic E-state index is 0.00205. The van der Waals surface area contributed by atoms with Crippen molar-refractivity contribution < 1.29 is 9.59 Å². The zero-order chi connectivity index (χ0) is 22.9. The fourth-order valence-corrected chi connectivity index (χ4v) is 5.32. The average Bonchev–Trinajstić information content (AvgIpc) is 3.47. The predicted octanol–water partition coefficient (Wildman–Crippen LogP) is 2.61. The van der Waals surface area contributed by atoms with Crippen LogP contribution in [-0.2, 0) is 12.8 Å². The van der Waals surface area contributed by atoms with Crippen molar-refractivity contribution in [2.75, 3.05) is 26.2 Å². The number of aromatic nitrogens is 3. The number of aryl methyl sites for hydroxylation is 3. The van der Waals surface area contributed by atoms with Crippen LogP contribution in [0.1, 0.15) is 87.9 Å². The lowest BCUT2D eigenvalue weighted by Gasteiger charge is -2.18. The van der Waals surface area contributed by atoms with Crippen molar-refractivity contribution in [3.05, 3.63) is 56.5 Å². The number of fused-ring (bicyclic) bond motifs is 1. The monoisotopic (exact) mass is 449 g/mol. The molecule has 3 aliphatic rings. The Morgan fingerprint density at radius 1 is 0.970 bits per heavy atom. The summed E-state index contributed by atoms with van der Waals surface area (Å²) in [6.45, 7) is 4.48. The smallest absolute Gasteiger partial charge is 0.261 e. The minimum atomic E-state index is -0.291. The number of carbonyl (C=O) groups is 2. The number of pyridine rings is 1. The first-order chi connectivity index (χ1) is 16.0. The molecule has 2 fully saturated rings. The number of likely N-dealkylation sites (tertiary alicyclic amines) is 2. The first-order valence-electron chi connectivity index (χ1n) is 12.2. The van der Waals surface area contributed by atoms with Gasteiger partial charge in [0.05, 0.1) is 11.3 Å². The number of hydrogen-bond donors (Lipinski definition) is 1. The Kier molecular flexibility index (Phi) is 6.00. The minimum Gasteiger partial charge on any atom is -0.339 e. The Balaban J connectivity index is 1.30. The number of carbonyl (C=O) groups excluding carboxylic acids is 2. The molecule has 174 valence electrons. The molecule has 0 spiro atoms. The normalized spacial score (nSPS) is 20.6. The van der Waals surface area contributed by atoms with Crippen LogP contribution in [0.5, 0.6) is 0 Å². The lowest BCUT2D eigenvalue weighted by atomic mass is 10.1. The second-order valence-electron chi connectivity index (χ2n) is 9.54. The van der Waals surface area contributed by atoms with Gasteiger partial charge in [0.25, 0.3) is 17.4 Å². The number of hydrogen-bond acceptors (Lipinski definition) is 5. The first-order valence-corrected chi connectivity index (χ1v) is 12.2. The van der Waals surface area contributed by atoms with E-state index in [4.69, 9.17) is 0 Å². The van der Waals surface area contributed by atoms with Crippen molar-refractivity contribution in [2.45, 2.75) is 64.2 Å². The summed E-state index contributed by atoms with van der Waals surface area (Å²) in [5, 5.41) is 0. The van der Waals surface area contributed by atoms with Crippen LogP contribution in [0.3, 0.4) is 0 Å². The van der Waals surface area contributed by atoms with Gasteiger partial charge in [0, 0.05) is 44.0 Å². The number of H-pyrrole nitrogens is 1. The third kappa shape index (κ3) is 4.30. The lowest BCUT2D eigenvalue weighted by molar-refractivity contribution is 0.0783. The lowest BCUT2D eigenvalue weighted by Crippen LogP contribution is -2.33. The van der Waals surface area contributed by atoms with Gasteiger partial charge in [0.2, 0.25) is 0 Å². The first kappa shape index (κ1) is 21.8. The van der Waals surface area contributed by atoms with E-state index >= 15 is 0 Å². The van der Waals surface area contributed by atoms with E-state index in [1.807, 2.05) is 17.9 Å². The van der Waals surface area contributed by atoms with Gasteiger partial charge >= 0.3 is 0 Å². The highest BCUT2D eigenvalue weighted by molar-refractivity contribution is 5.95. The maximum Gasteiger partial charge on any atom is 0.261 e. The molecule has 2 amide bonds. The molecule has 8 heteroatoms. The van der Waals surface area contributed by atoms with Crippen molar-refractivity contribution in [2.24, 2.45) is 0 Å². The van der Waals surface area contributed by atoms with Gasteiger partial charge in [0.1, 0.15) is 11.4 Å². The zero-order valence-corrected chi connectivity index (χ0v) is 19.2. The zero-order valence-electron chi connectivity index (χ0n) is 19.2. The molecule has 1 atom stereocenters. The SMILES string of the molecule is Cc1nc([C@H]2CCN(C(=O)c3cc4c([nH]c3=O)CCCCC4)C2)ncc1C(=O)N1CCCC1. The fraction of sp³-hybridized carbons (Fsp3) is 0.560. The fourth-order valence-electron chi connectivity index (χ4n) is 5.32. The van der Waals surface area contributed by atoms with Crippen LogP contribution in [0.4, 0.5) is 0 Å². The predicted molar refractivity (Wildman–Crippen MR) is 123 cm³/mol. The highest BCUT2D eigenvalue weighted by Crippen LogP contribution is 2.27. The standard InChI is InChI=1S/C25H31N5O3/c1-16-20(25(33)29-10-5-6-11-29)14-26-22(27-16)18-9-12-30(15-18)24(32)19-13-17-7-3-2-4-8-21(17)28-23(19)31/h13-14,18H,2-12,15H2,1H3,(H,28,31)/t18-/m0/s1. The van der Waals surface area contributed by atoms with E-state index in [2.05, 4.69) is 15.0 Å². The van der Waals surface area contributed by atoms with E-state index in [-0.39, 0.29) is 28.9 Å². The van der Waals surface area contributed by atoms with Crippen molar-refractivity contribution in [3.8, 4) is 0 Å². The topological polar surface area (TPSA) is 99.3 Å². The number of rotatable bonds is 3. The van der Waals surface area contributed by atoms with Crippen LogP contribution in [0.25, 0.3) is 0 Å². The molecule has 2 aromatic rings. The maximum atomic E-state index is 13.2. The van der Waals surface area contributed by atoms with Crippen LogP contribution in [0.15, 0.2) is 17.1 Å². The van der Waals surface area contributed by atoms with E-state index in [0.29, 0.717) is 30.2 Å². The van der Waals surface area contributed by atoms with E-state index in [0.717, 1.165) is 75.7 Å². The van der Waals surface area contributed by atoms with Crippen LogP contribution in [-0.4, -0.2) is 62.7 Å². The van der Waals surface area contributed by atoms with Crippen molar-refractivity contribution >= 4 is 11.8 Å². The van der Waals surface area contributed by atoms with Gasteiger partial charge in [-0.15, -0.1) is 0 Å². The Morgan fingerprint density at radius 3 is 2.52 bits per heavy atom. The van der Waals surface area contributed by atoms with Gasteiger partial charge in [-0.1, -0.05) is 6.42 Å². The van der Waals surface area contributed by atoms with Gasteiger partial charge in [-0.25, -0.2) is 9.97 Å². The van der Waals surface area contributed by atoms with E-state index < -0.39 is 0 Å². The summed E-state index contributed by atoms with van der Waals surface area (Å²) in [5.74, 6) is 0.450. The Hall–Kier alpha value is -3.03. The second kappa shape index (κ2) is 9.08. The van der Waals surface area contributed by atoms with Crippen molar-refractivity contribution in [1.82, 2.24) is 24.8 Å². The summed E-state index contributed by atoms with van der Waals surface area (Å²) in [5.41, 5.74) is 3.28. The molecule has 0 bridgehead atoms. The number of aromatic amines is 1. The highest BCUT2D eigenvalue weighted by Gasteiger charge is 2.32. The van der Waals surface area contributed by atoms with Gasteiger partial charge < -0.3 is 14.8 Å². The third-order valence-corrected chi connectivity index (χ3v) is 7.28. The molecule has 5 rings (SSSR count). The van der Waals surface area contributed by atoms with Crippen LogP contribution < -0.4 is 5.56 Å². The molecule has 0 unspecified atom stereocenters. The molecule has 33 heavy (non-hydrogen) atoms. The van der Waals surface area contributed by atoms with E-state index in [9.17, 15) is 14.4 Å². The number of nitrogens with one attached hydrogen (secondary N) is 1. The van der Waals surface area contributed by atoms with E-state index in [1.54, 1.807) is 11.1 Å². The molecule has 1 aliphatic carbocycles. The van der Waals surface area contributed by atoms with Gasteiger partial charge in [-0.2, -0.15) is 0 Å². The molecule has 4 heterocycles. The van der Waals surface area contributed by atoms with Crippen LogP contribution in [0.2, 0.25) is 0 Å². The summed E-state index contributed by atoms with van der Waals surface area (Å²) in [6.07, 6.45) is 9.56. The van der Waals surface area contributed by atoms with Crippen molar-refractivity contribution in [3.63, 3.8) is 0 Å². The number of amides is 2. The summed E-state index contributed by atoms with van der Waals surface area (Å²) < 4.78 is 0. The maximum absolute atomic E-state index is 13.2. The second-order valence-corrected chi connectivity index (χ2v) is 9.54. The van der Waals surface area contributed by atoms with Crippen LogP contribution >= 0.6 is 0 Å². The van der Waals surface area contributed by atoms with Gasteiger partial charge in [0.15, 0.2) is 0 Å². The van der Waals surface area contributed by atoms with E-state index in [1.165, 1.54) is 0 Å². The quantitative estimate of drug-likeness (QED) is 0.726. The Morgan fingerprint density at radius 2 is 1.73 bits per heavy atom. The average molecular weight is 450 g/mol. The molecular weight excluding hydrogens is 418 g/mol. The Bertz CT molecular complexity index is 1140. The largest absolute Gasteiger partial charge is 0.339 e. The summed E-state index contributed by atoms with van der Waals surface area (Å²) >= 11 is 0. The molecule has 0 saturated carbocycles. The molecule has 0 aromatic carbocycles. The molecule has 2 saturated heterocycles. The molecule has 8 nitrogen and oxygen atoms in total. The Labute approximate surface area is 193 Å².